The average Bonchev–Trinajstić information content (AvgIpc) is 2.60. The molecule has 1 N–H and O–H groups in total. The van der Waals surface area contributed by atoms with Gasteiger partial charge in [0.25, 0.3) is 11.5 Å². The fourth-order valence-corrected chi connectivity index (χ4v) is 2.97. The number of benzene rings is 1. The van der Waals surface area contributed by atoms with E-state index in [2.05, 4.69) is 11.9 Å². The highest BCUT2D eigenvalue weighted by Gasteiger charge is 2.26. The summed E-state index contributed by atoms with van der Waals surface area (Å²) in [6.07, 6.45) is 3.19. The number of hydrogen-bond acceptors (Lipinski definition) is 3. The topological polar surface area (TPSA) is 68.2 Å². The van der Waals surface area contributed by atoms with Crippen LogP contribution in [-0.2, 0) is 11.3 Å². The van der Waals surface area contributed by atoms with Crippen LogP contribution >= 0.6 is 0 Å². The van der Waals surface area contributed by atoms with E-state index in [1.165, 1.54) is 10.6 Å². The molecule has 0 bridgehead atoms. The number of ketones is 1. The van der Waals surface area contributed by atoms with Crippen LogP contribution in [0.25, 0.3) is 0 Å². The van der Waals surface area contributed by atoms with Gasteiger partial charge in [-0.2, -0.15) is 0 Å². The summed E-state index contributed by atoms with van der Waals surface area (Å²) in [6.45, 7) is 4.21. The van der Waals surface area contributed by atoms with E-state index in [-0.39, 0.29) is 23.3 Å². The smallest absolute Gasteiger partial charge is 0.263 e. The Morgan fingerprint density at radius 1 is 1.16 bits per heavy atom. The van der Waals surface area contributed by atoms with Gasteiger partial charge in [0, 0.05) is 12.6 Å². The Hall–Kier alpha value is -2.95. The lowest BCUT2D eigenvalue weighted by atomic mass is 9.90. The van der Waals surface area contributed by atoms with Crippen molar-refractivity contribution in [3.05, 3.63) is 82.3 Å². The Kier molecular flexibility index (Phi) is 4.93. The molecule has 0 saturated heterocycles. The van der Waals surface area contributed by atoms with Crippen molar-refractivity contribution in [2.45, 2.75) is 31.8 Å². The fraction of sp³-hybridized carbons (Fsp3) is 0.250. The molecule has 128 valence electrons. The van der Waals surface area contributed by atoms with E-state index in [0.29, 0.717) is 19.4 Å². The zero-order chi connectivity index (χ0) is 17.8. The maximum Gasteiger partial charge on any atom is 0.263 e. The molecule has 1 unspecified atom stereocenters. The lowest BCUT2D eigenvalue weighted by Gasteiger charge is -2.23. The van der Waals surface area contributed by atoms with Gasteiger partial charge in [-0.1, -0.05) is 42.5 Å². The van der Waals surface area contributed by atoms with Gasteiger partial charge in [-0.3, -0.25) is 14.4 Å². The van der Waals surface area contributed by atoms with Crippen molar-refractivity contribution >= 4 is 11.7 Å². The molecule has 0 aliphatic heterocycles. The fourth-order valence-electron chi connectivity index (χ4n) is 2.97. The number of Topliss-reactive ketones (excluding diaryl/α,β-unsaturated/α-hetero) is 1. The second kappa shape index (κ2) is 7.30. The van der Waals surface area contributed by atoms with Crippen molar-refractivity contribution in [1.29, 1.82) is 0 Å². The second-order valence-electron chi connectivity index (χ2n) is 6.30. The highest BCUT2D eigenvalue weighted by Crippen LogP contribution is 2.19. The number of hydrogen-bond donors (Lipinski definition) is 1. The van der Waals surface area contributed by atoms with Crippen molar-refractivity contribution in [2.24, 2.45) is 0 Å². The minimum Gasteiger partial charge on any atom is -0.342 e. The molecule has 2 aromatic rings. The molecule has 1 aliphatic rings. The van der Waals surface area contributed by atoms with Crippen LogP contribution in [0.2, 0.25) is 0 Å². The normalized spacial score (nSPS) is 17.4. The maximum absolute atomic E-state index is 12.6. The summed E-state index contributed by atoms with van der Waals surface area (Å²) in [6, 6.07) is 12.2. The highest BCUT2D eigenvalue weighted by atomic mass is 16.2. The molecule has 0 radical (unpaired) electrons. The summed E-state index contributed by atoms with van der Waals surface area (Å²) in [5.74, 6) is -0.552. The Labute approximate surface area is 146 Å². The first-order chi connectivity index (χ1) is 12.0. The Balaban J connectivity index is 1.77. The van der Waals surface area contributed by atoms with Crippen LogP contribution in [0.1, 0.15) is 35.2 Å². The van der Waals surface area contributed by atoms with Crippen molar-refractivity contribution < 1.29 is 9.59 Å². The highest BCUT2D eigenvalue weighted by molar-refractivity contribution is 5.98. The summed E-state index contributed by atoms with van der Waals surface area (Å²) >= 11 is 0. The van der Waals surface area contributed by atoms with E-state index in [9.17, 15) is 14.4 Å². The molecule has 3 rings (SSSR count). The van der Waals surface area contributed by atoms with Crippen LogP contribution in [0.3, 0.4) is 0 Å². The molecule has 1 aromatic heterocycles. The minimum absolute atomic E-state index is 0.0508. The molecule has 1 aromatic carbocycles. The minimum atomic E-state index is -0.542. The van der Waals surface area contributed by atoms with Gasteiger partial charge < -0.3 is 9.88 Å². The van der Waals surface area contributed by atoms with Gasteiger partial charge in [-0.15, -0.1) is 0 Å². The number of rotatable bonds is 4. The number of pyridine rings is 1. The molecule has 1 fully saturated rings. The number of carbonyl (C=O) groups excluding carboxylic acids is 2. The molecule has 0 spiro atoms. The van der Waals surface area contributed by atoms with Crippen molar-refractivity contribution in [3.8, 4) is 0 Å². The summed E-state index contributed by atoms with van der Waals surface area (Å²) in [4.78, 5) is 37.1. The summed E-state index contributed by atoms with van der Waals surface area (Å²) in [5, 5.41) is 2.69. The maximum atomic E-state index is 12.6. The molecule has 1 atom stereocenters. The van der Waals surface area contributed by atoms with Crippen molar-refractivity contribution in [1.82, 2.24) is 9.88 Å². The van der Waals surface area contributed by atoms with Gasteiger partial charge in [-0.25, -0.2) is 0 Å². The van der Waals surface area contributed by atoms with Gasteiger partial charge >= 0.3 is 0 Å². The third-order valence-electron chi connectivity index (χ3n) is 4.37. The Morgan fingerprint density at radius 3 is 2.64 bits per heavy atom. The first-order valence-electron chi connectivity index (χ1n) is 8.28. The van der Waals surface area contributed by atoms with E-state index in [1.807, 2.05) is 30.3 Å². The van der Waals surface area contributed by atoms with E-state index >= 15 is 0 Å². The van der Waals surface area contributed by atoms with Crippen molar-refractivity contribution in [3.63, 3.8) is 0 Å². The zero-order valence-electron chi connectivity index (χ0n) is 13.9. The molecular weight excluding hydrogens is 316 g/mol. The molecular formula is C20H20N2O3. The molecule has 1 aliphatic carbocycles. The standard InChI is InChI=1S/C20H20N2O3/c1-14-9-10-17(18(23)12-14)21-19(24)16-8-5-11-22(20(16)25)13-15-6-3-2-4-7-15/h2-8,11,17H,1,9-10,12-13H2,(H,21,24). The number of allylic oxidation sites excluding steroid dienone is 1. The van der Waals surface area contributed by atoms with E-state index in [0.717, 1.165) is 11.1 Å². The van der Waals surface area contributed by atoms with Crippen LogP contribution in [0, 0.1) is 0 Å². The van der Waals surface area contributed by atoms with Crippen LogP contribution in [-0.4, -0.2) is 22.3 Å². The number of amides is 1. The van der Waals surface area contributed by atoms with E-state index in [4.69, 9.17) is 0 Å². The summed E-state index contributed by atoms with van der Waals surface area (Å²) < 4.78 is 1.49. The lowest BCUT2D eigenvalue weighted by Crippen LogP contribution is -2.44. The van der Waals surface area contributed by atoms with Gasteiger partial charge in [0.05, 0.1) is 12.6 Å². The molecule has 1 heterocycles. The van der Waals surface area contributed by atoms with Crippen molar-refractivity contribution in [2.75, 3.05) is 0 Å². The van der Waals surface area contributed by atoms with Gasteiger partial charge in [-0.05, 0) is 30.5 Å². The molecule has 5 nitrogen and oxygen atoms in total. The molecule has 5 heteroatoms. The number of aromatic nitrogens is 1. The lowest BCUT2D eigenvalue weighted by molar-refractivity contribution is -0.121. The largest absolute Gasteiger partial charge is 0.342 e. The summed E-state index contributed by atoms with van der Waals surface area (Å²) in [5.41, 5.74) is 1.55. The average molecular weight is 336 g/mol. The van der Waals surface area contributed by atoms with Gasteiger partial charge in [0.2, 0.25) is 0 Å². The predicted octanol–water partition coefficient (Wildman–Crippen LogP) is 2.30. The monoisotopic (exact) mass is 336 g/mol. The molecule has 1 amide bonds. The van der Waals surface area contributed by atoms with Gasteiger partial charge in [0.15, 0.2) is 5.78 Å². The first-order valence-corrected chi connectivity index (χ1v) is 8.28. The second-order valence-corrected chi connectivity index (χ2v) is 6.30. The number of carbonyl (C=O) groups is 2. The van der Waals surface area contributed by atoms with E-state index < -0.39 is 11.9 Å². The number of nitrogens with one attached hydrogen (secondary N) is 1. The first kappa shape index (κ1) is 16.9. The third kappa shape index (κ3) is 3.94. The SMILES string of the molecule is C=C1CCC(NC(=O)c2cccn(Cc3ccccc3)c2=O)C(=O)C1. The van der Waals surface area contributed by atoms with Crippen LogP contribution in [0.15, 0.2) is 65.6 Å². The summed E-state index contributed by atoms with van der Waals surface area (Å²) in [7, 11) is 0. The number of nitrogens with zero attached hydrogens (tertiary/aromatic N) is 1. The van der Waals surface area contributed by atoms with Gasteiger partial charge in [0.1, 0.15) is 5.56 Å². The Morgan fingerprint density at radius 2 is 1.92 bits per heavy atom. The van der Waals surface area contributed by atoms with Crippen LogP contribution in [0.5, 0.6) is 0 Å². The third-order valence-corrected chi connectivity index (χ3v) is 4.37. The molecule has 1 saturated carbocycles. The quantitative estimate of drug-likeness (QED) is 0.871. The Bertz CT molecular complexity index is 868. The van der Waals surface area contributed by atoms with E-state index in [1.54, 1.807) is 12.3 Å². The van der Waals surface area contributed by atoms with Crippen LogP contribution in [0.4, 0.5) is 0 Å². The predicted molar refractivity (Wildman–Crippen MR) is 95.5 cm³/mol. The molecule has 25 heavy (non-hydrogen) atoms. The van der Waals surface area contributed by atoms with Crippen LogP contribution < -0.4 is 10.9 Å². The zero-order valence-corrected chi connectivity index (χ0v) is 13.9.